The molecule has 0 N–H and O–H groups in total. The fraction of sp³-hybridized carbons (Fsp3) is 0. The second kappa shape index (κ2) is 4.31. The van der Waals surface area contributed by atoms with Crippen LogP contribution in [-0.4, -0.2) is 15.0 Å². The molecule has 0 aliphatic rings. The lowest BCUT2D eigenvalue weighted by Gasteiger charge is -2.06. The van der Waals surface area contributed by atoms with Crippen molar-refractivity contribution in [2.75, 3.05) is 0 Å². The fourth-order valence-corrected chi connectivity index (χ4v) is 2.04. The van der Waals surface area contributed by atoms with E-state index in [1.165, 1.54) is 12.3 Å². The number of hydrogen-bond acceptors (Lipinski definition) is 3. The predicted molar refractivity (Wildman–Crippen MR) is 67.7 cm³/mol. The molecule has 0 fully saturated rings. The maximum atomic E-state index is 13.1. The number of halogens is 2. The first-order valence-corrected chi connectivity index (χ1v) is 5.63. The lowest BCUT2D eigenvalue weighted by molar-refractivity contribution is 0.624. The van der Waals surface area contributed by atoms with Gasteiger partial charge in [0.1, 0.15) is 5.82 Å². The van der Waals surface area contributed by atoms with E-state index in [1.54, 1.807) is 30.7 Å². The molecular formula is C13H7ClFN3. The van der Waals surface area contributed by atoms with E-state index in [1.807, 2.05) is 0 Å². The summed E-state index contributed by atoms with van der Waals surface area (Å²) < 4.78 is 13.1. The monoisotopic (exact) mass is 259 g/mol. The van der Waals surface area contributed by atoms with E-state index in [0.717, 1.165) is 11.1 Å². The van der Waals surface area contributed by atoms with Crippen LogP contribution in [-0.2, 0) is 0 Å². The lowest BCUT2D eigenvalue weighted by Crippen LogP contribution is -1.90. The van der Waals surface area contributed by atoms with Crippen LogP contribution < -0.4 is 0 Å². The van der Waals surface area contributed by atoms with Gasteiger partial charge in [-0.2, -0.15) is 0 Å². The van der Waals surface area contributed by atoms with Gasteiger partial charge >= 0.3 is 0 Å². The average molecular weight is 260 g/mol. The van der Waals surface area contributed by atoms with E-state index in [0.29, 0.717) is 16.1 Å². The summed E-state index contributed by atoms with van der Waals surface area (Å²) in [5.74, 6) is -0.409. The first-order valence-electron chi connectivity index (χ1n) is 5.26. The first kappa shape index (κ1) is 11.0. The van der Waals surface area contributed by atoms with Gasteiger partial charge in [0, 0.05) is 35.8 Å². The Hall–Kier alpha value is -2.07. The van der Waals surface area contributed by atoms with Crippen molar-refractivity contribution in [3.8, 4) is 11.1 Å². The molecule has 0 unspecified atom stereocenters. The van der Waals surface area contributed by atoms with Gasteiger partial charge in [-0.1, -0.05) is 11.6 Å². The molecule has 0 atom stereocenters. The molecule has 3 aromatic rings. The summed E-state index contributed by atoms with van der Waals surface area (Å²) in [6, 6.07) is 4.94. The number of nitrogens with zero attached hydrogens (tertiary/aromatic N) is 3. The zero-order valence-electron chi connectivity index (χ0n) is 9.14. The van der Waals surface area contributed by atoms with Gasteiger partial charge in [0.2, 0.25) is 0 Å². The summed E-state index contributed by atoms with van der Waals surface area (Å²) in [6.45, 7) is 0. The minimum atomic E-state index is -0.409. The quantitative estimate of drug-likeness (QED) is 0.671. The molecule has 18 heavy (non-hydrogen) atoms. The SMILES string of the molecule is Fc1cnc2c(-c3ccncc3Cl)ccnc2c1. The molecule has 3 heterocycles. The highest BCUT2D eigenvalue weighted by Gasteiger charge is 2.09. The molecule has 0 aliphatic carbocycles. The summed E-state index contributed by atoms with van der Waals surface area (Å²) >= 11 is 6.11. The van der Waals surface area contributed by atoms with Crippen molar-refractivity contribution in [1.82, 2.24) is 15.0 Å². The molecule has 0 aliphatic heterocycles. The van der Waals surface area contributed by atoms with Gasteiger partial charge in [0.25, 0.3) is 0 Å². The third-order valence-corrected chi connectivity index (χ3v) is 2.91. The highest BCUT2D eigenvalue weighted by molar-refractivity contribution is 6.33. The van der Waals surface area contributed by atoms with E-state index >= 15 is 0 Å². The number of fused-ring (bicyclic) bond motifs is 1. The van der Waals surface area contributed by atoms with Gasteiger partial charge in [-0.05, 0) is 12.1 Å². The van der Waals surface area contributed by atoms with E-state index in [9.17, 15) is 4.39 Å². The van der Waals surface area contributed by atoms with Crippen LogP contribution in [0.25, 0.3) is 22.2 Å². The highest BCUT2D eigenvalue weighted by atomic mass is 35.5. The van der Waals surface area contributed by atoms with Crippen molar-refractivity contribution in [1.29, 1.82) is 0 Å². The van der Waals surface area contributed by atoms with E-state index in [2.05, 4.69) is 15.0 Å². The van der Waals surface area contributed by atoms with Gasteiger partial charge in [-0.15, -0.1) is 0 Å². The molecule has 88 valence electrons. The summed E-state index contributed by atoms with van der Waals surface area (Å²) in [5.41, 5.74) is 2.73. The normalized spacial score (nSPS) is 10.8. The number of pyridine rings is 3. The molecule has 0 spiro atoms. The van der Waals surface area contributed by atoms with E-state index < -0.39 is 5.82 Å². The van der Waals surface area contributed by atoms with Gasteiger partial charge in [0.15, 0.2) is 0 Å². The Balaban J connectivity index is 2.33. The molecule has 0 bridgehead atoms. The minimum absolute atomic E-state index is 0.409. The van der Waals surface area contributed by atoms with Crippen LogP contribution in [0.3, 0.4) is 0 Å². The van der Waals surface area contributed by atoms with Crippen LogP contribution in [0.5, 0.6) is 0 Å². The molecule has 5 heteroatoms. The Morgan fingerprint density at radius 1 is 1.00 bits per heavy atom. The Morgan fingerprint density at radius 3 is 2.67 bits per heavy atom. The van der Waals surface area contributed by atoms with E-state index in [-0.39, 0.29) is 0 Å². The van der Waals surface area contributed by atoms with Crippen LogP contribution >= 0.6 is 11.6 Å². The van der Waals surface area contributed by atoms with Gasteiger partial charge in [0.05, 0.1) is 22.3 Å². The van der Waals surface area contributed by atoms with Crippen molar-refractivity contribution < 1.29 is 4.39 Å². The van der Waals surface area contributed by atoms with Crippen molar-refractivity contribution in [3.05, 3.63) is 53.8 Å². The third-order valence-electron chi connectivity index (χ3n) is 2.61. The predicted octanol–water partition coefficient (Wildman–Crippen LogP) is 3.48. The highest BCUT2D eigenvalue weighted by Crippen LogP contribution is 2.30. The fourth-order valence-electron chi connectivity index (χ4n) is 1.82. The Bertz CT molecular complexity index is 730. The molecule has 0 aromatic carbocycles. The van der Waals surface area contributed by atoms with Crippen molar-refractivity contribution in [3.63, 3.8) is 0 Å². The molecular weight excluding hydrogens is 253 g/mol. The maximum absolute atomic E-state index is 13.1. The van der Waals surface area contributed by atoms with Crippen LogP contribution in [0.4, 0.5) is 4.39 Å². The zero-order chi connectivity index (χ0) is 12.5. The number of aromatic nitrogens is 3. The number of rotatable bonds is 1. The molecule has 3 nitrogen and oxygen atoms in total. The molecule has 3 aromatic heterocycles. The summed E-state index contributed by atoms with van der Waals surface area (Å²) in [4.78, 5) is 12.1. The Labute approximate surface area is 107 Å². The Morgan fingerprint density at radius 2 is 1.83 bits per heavy atom. The molecule has 3 rings (SSSR count). The zero-order valence-corrected chi connectivity index (χ0v) is 9.89. The third kappa shape index (κ3) is 1.80. The van der Waals surface area contributed by atoms with E-state index in [4.69, 9.17) is 11.6 Å². The van der Waals surface area contributed by atoms with Crippen molar-refractivity contribution in [2.24, 2.45) is 0 Å². The second-order valence-electron chi connectivity index (χ2n) is 3.74. The summed E-state index contributed by atoms with van der Waals surface area (Å²) in [5, 5.41) is 0.524. The van der Waals surface area contributed by atoms with Gasteiger partial charge in [-0.3, -0.25) is 15.0 Å². The van der Waals surface area contributed by atoms with Crippen LogP contribution in [0, 0.1) is 5.82 Å². The number of hydrogen-bond donors (Lipinski definition) is 0. The average Bonchev–Trinajstić information content (AvgIpc) is 2.38. The van der Waals surface area contributed by atoms with Crippen LogP contribution in [0.15, 0.2) is 43.0 Å². The van der Waals surface area contributed by atoms with Crippen LogP contribution in [0.2, 0.25) is 5.02 Å². The molecule has 0 amide bonds. The minimum Gasteiger partial charge on any atom is -0.263 e. The molecule has 0 radical (unpaired) electrons. The molecule has 0 saturated heterocycles. The maximum Gasteiger partial charge on any atom is 0.143 e. The summed E-state index contributed by atoms with van der Waals surface area (Å²) in [7, 11) is 0. The second-order valence-corrected chi connectivity index (χ2v) is 4.14. The Kier molecular flexibility index (Phi) is 2.64. The topological polar surface area (TPSA) is 38.7 Å². The lowest BCUT2D eigenvalue weighted by atomic mass is 10.1. The first-order chi connectivity index (χ1) is 8.75. The van der Waals surface area contributed by atoms with Gasteiger partial charge < -0.3 is 0 Å². The van der Waals surface area contributed by atoms with Gasteiger partial charge in [-0.25, -0.2) is 4.39 Å². The van der Waals surface area contributed by atoms with Crippen molar-refractivity contribution >= 4 is 22.6 Å². The smallest absolute Gasteiger partial charge is 0.143 e. The largest absolute Gasteiger partial charge is 0.263 e. The standard InChI is InChI=1S/C13H7ClFN3/c14-11-7-16-3-1-9(11)10-2-4-17-12-5-8(15)6-18-13(10)12/h1-7H. The molecule has 0 saturated carbocycles. The van der Waals surface area contributed by atoms with Crippen LogP contribution in [0.1, 0.15) is 0 Å². The summed E-state index contributed by atoms with van der Waals surface area (Å²) in [6.07, 6.45) is 5.99. The van der Waals surface area contributed by atoms with Crippen molar-refractivity contribution in [2.45, 2.75) is 0 Å².